The molecule has 0 aromatic carbocycles. The molecule has 0 aliphatic carbocycles. The fourth-order valence-electron chi connectivity index (χ4n) is 3.91. The highest BCUT2D eigenvalue weighted by Gasteiger charge is 2.52. The zero-order valence-electron chi connectivity index (χ0n) is 13.7. The molecule has 2 heterocycles. The highest BCUT2D eigenvalue weighted by atomic mass is 16.2. The minimum Gasteiger partial charge on any atom is -0.298 e. The molecule has 114 valence electrons. The SMILES string of the molecule is CC/C1=C\CCB2B(CCC1)C(=O)N(C(CC)CC)C2=O. The Hall–Kier alpha value is -0.990. The smallest absolute Gasteiger partial charge is 0.233 e. The standard InChI is InChI=1S/C16H27B2NO2/c1-4-13-9-7-11-17-15(20)19(14(5-2)6-3)16(21)18(17)12-8-10-13/h9,14H,4-8,10-12H2,1-3H3/b13-9+. The average molecular weight is 287 g/mol. The molecule has 0 bridgehead atoms. The zero-order chi connectivity index (χ0) is 15.4. The Labute approximate surface area is 129 Å². The van der Waals surface area contributed by atoms with Crippen LogP contribution in [0.5, 0.6) is 0 Å². The Balaban J connectivity index is 2.18. The molecule has 3 nitrogen and oxygen atoms in total. The third kappa shape index (κ3) is 3.27. The van der Waals surface area contributed by atoms with Crippen LogP contribution >= 0.6 is 0 Å². The van der Waals surface area contributed by atoms with Crippen LogP contribution in [0.4, 0.5) is 9.59 Å². The largest absolute Gasteiger partial charge is 0.298 e. The van der Waals surface area contributed by atoms with Crippen molar-refractivity contribution in [3.8, 4) is 0 Å². The summed E-state index contributed by atoms with van der Waals surface area (Å²) in [5.41, 5.74) is 1.49. The third-order valence-electron chi connectivity index (χ3n) is 5.28. The van der Waals surface area contributed by atoms with Gasteiger partial charge in [0.15, 0.2) is 11.6 Å². The molecule has 0 N–H and O–H groups in total. The van der Waals surface area contributed by atoms with Gasteiger partial charge in [0.2, 0.25) is 13.2 Å². The van der Waals surface area contributed by atoms with E-state index in [2.05, 4.69) is 26.8 Å². The van der Waals surface area contributed by atoms with E-state index in [1.807, 2.05) is 0 Å². The van der Waals surface area contributed by atoms with Gasteiger partial charge in [-0.1, -0.05) is 51.5 Å². The minimum atomic E-state index is -0.0643. The zero-order valence-corrected chi connectivity index (χ0v) is 13.7. The van der Waals surface area contributed by atoms with Crippen LogP contribution in [0, 0.1) is 0 Å². The number of allylic oxidation sites excluding steroid dienone is 2. The molecule has 0 saturated carbocycles. The summed E-state index contributed by atoms with van der Waals surface area (Å²) in [6.45, 7) is 6.20. The number of hydrogen-bond acceptors (Lipinski definition) is 2. The van der Waals surface area contributed by atoms with Crippen LogP contribution in [0.2, 0.25) is 12.6 Å². The molecule has 0 atom stereocenters. The van der Waals surface area contributed by atoms with Gasteiger partial charge in [-0.05, 0) is 32.1 Å². The van der Waals surface area contributed by atoms with Gasteiger partial charge in [-0.2, -0.15) is 0 Å². The molecule has 0 aromatic rings. The predicted octanol–water partition coefficient (Wildman–Crippen LogP) is 4.48. The lowest BCUT2D eigenvalue weighted by molar-refractivity contribution is 0.196. The number of carbonyl (C=O) groups excluding carboxylic acids is 2. The maximum Gasteiger partial charge on any atom is 0.233 e. The van der Waals surface area contributed by atoms with Gasteiger partial charge in [-0.3, -0.25) is 14.5 Å². The Bertz CT molecular complexity index is 432. The molecule has 1 saturated heterocycles. The van der Waals surface area contributed by atoms with Crippen LogP contribution < -0.4 is 0 Å². The molecule has 5 heteroatoms. The summed E-state index contributed by atoms with van der Waals surface area (Å²) in [5.74, 6) is 0.214. The molecule has 1 fully saturated rings. The van der Waals surface area contributed by atoms with Crippen molar-refractivity contribution in [2.45, 2.75) is 78.0 Å². The van der Waals surface area contributed by atoms with E-state index in [-0.39, 0.29) is 30.9 Å². The van der Waals surface area contributed by atoms with Crippen LogP contribution in [-0.4, -0.2) is 35.8 Å². The van der Waals surface area contributed by atoms with Gasteiger partial charge >= 0.3 is 0 Å². The second-order valence-electron chi connectivity index (χ2n) is 6.42. The first-order chi connectivity index (χ1) is 10.1. The summed E-state index contributed by atoms with van der Waals surface area (Å²) >= 11 is 0. The number of rotatable bonds is 4. The van der Waals surface area contributed by atoms with Gasteiger partial charge in [-0.25, -0.2) is 0 Å². The lowest BCUT2D eigenvalue weighted by atomic mass is 9.07. The Morgan fingerprint density at radius 2 is 1.71 bits per heavy atom. The monoisotopic (exact) mass is 287 g/mol. The van der Waals surface area contributed by atoms with Gasteiger partial charge < -0.3 is 0 Å². The molecule has 0 radical (unpaired) electrons. The normalized spacial score (nSPS) is 22.9. The van der Waals surface area contributed by atoms with E-state index in [1.54, 1.807) is 4.90 Å². The van der Waals surface area contributed by atoms with Crippen LogP contribution in [0.25, 0.3) is 0 Å². The van der Waals surface area contributed by atoms with Gasteiger partial charge in [0.1, 0.15) is 0 Å². The van der Waals surface area contributed by atoms with E-state index in [0.29, 0.717) is 0 Å². The van der Waals surface area contributed by atoms with Crippen LogP contribution in [0.15, 0.2) is 11.6 Å². The summed E-state index contributed by atoms with van der Waals surface area (Å²) < 4.78 is 0. The summed E-state index contributed by atoms with van der Waals surface area (Å²) in [5, 5.41) is 0. The molecular weight excluding hydrogens is 260 g/mol. The van der Waals surface area contributed by atoms with Gasteiger partial charge in [0.05, 0.1) is 0 Å². The van der Waals surface area contributed by atoms with Crippen molar-refractivity contribution < 1.29 is 9.59 Å². The number of imide groups is 1. The van der Waals surface area contributed by atoms with Crippen molar-refractivity contribution in [1.82, 2.24) is 4.90 Å². The molecular formula is C16H27B2NO2. The first-order valence-electron chi connectivity index (χ1n) is 8.68. The summed E-state index contributed by atoms with van der Waals surface area (Å²) in [6, 6.07) is 0.0992. The lowest BCUT2D eigenvalue weighted by Gasteiger charge is -2.26. The second kappa shape index (κ2) is 7.33. The van der Waals surface area contributed by atoms with E-state index in [4.69, 9.17) is 0 Å². The van der Waals surface area contributed by atoms with Crippen molar-refractivity contribution in [1.29, 1.82) is 0 Å². The first-order valence-corrected chi connectivity index (χ1v) is 8.68. The maximum absolute atomic E-state index is 12.7. The summed E-state index contributed by atoms with van der Waals surface area (Å²) in [7, 11) is 0. The van der Waals surface area contributed by atoms with Crippen molar-refractivity contribution in [3.05, 3.63) is 11.6 Å². The number of amides is 2. The number of fused-ring (bicyclic) bond motifs is 1. The quantitative estimate of drug-likeness (QED) is 0.564. The molecule has 2 aliphatic heterocycles. The van der Waals surface area contributed by atoms with Crippen LogP contribution in [0.3, 0.4) is 0 Å². The van der Waals surface area contributed by atoms with Gasteiger partial charge in [-0.15, -0.1) is 0 Å². The maximum atomic E-state index is 12.7. The molecule has 0 aromatic heterocycles. The van der Waals surface area contributed by atoms with Gasteiger partial charge in [0.25, 0.3) is 0 Å². The van der Waals surface area contributed by atoms with Crippen molar-refractivity contribution in [3.63, 3.8) is 0 Å². The fourth-order valence-corrected chi connectivity index (χ4v) is 3.91. The van der Waals surface area contributed by atoms with Crippen molar-refractivity contribution in [2.24, 2.45) is 0 Å². The van der Waals surface area contributed by atoms with E-state index < -0.39 is 0 Å². The van der Waals surface area contributed by atoms with E-state index in [1.165, 1.54) is 5.57 Å². The Kier molecular flexibility index (Phi) is 5.72. The summed E-state index contributed by atoms with van der Waals surface area (Å²) in [6.07, 6.45) is 9.93. The lowest BCUT2D eigenvalue weighted by Crippen LogP contribution is -2.40. The third-order valence-corrected chi connectivity index (χ3v) is 5.28. The Morgan fingerprint density at radius 3 is 2.29 bits per heavy atom. The molecule has 21 heavy (non-hydrogen) atoms. The number of nitrogens with zero attached hydrogens (tertiary/aromatic N) is 1. The van der Waals surface area contributed by atoms with Gasteiger partial charge in [0, 0.05) is 6.04 Å². The minimum absolute atomic E-state index is 0.0530. The topological polar surface area (TPSA) is 37.4 Å². The van der Waals surface area contributed by atoms with E-state index in [0.717, 1.165) is 51.2 Å². The number of hydrogen-bond donors (Lipinski definition) is 0. The average Bonchev–Trinajstić information content (AvgIpc) is 2.78. The van der Waals surface area contributed by atoms with Crippen molar-refractivity contribution >= 4 is 24.8 Å². The van der Waals surface area contributed by atoms with Crippen LogP contribution in [-0.2, 0) is 0 Å². The fraction of sp³-hybridized carbons (Fsp3) is 0.750. The highest BCUT2D eigenvalue weighted by molar-refractivity contribution is 7.47. The van der Waals surface area contributed by atoms with Crippen molar-refractivity contribution in [2.75, 3.05) is 0 Å². The predicted molar refractivity (Wildman–Crippen MR) is 90.3 cm³/mol. The Morgan fingerprint density at radius 1 is 1.10 bits per heavy atom. The molecule has 0 spiro atoms. The second-order valence-corrected chi connectivity index (χ2v) is 6.42. The van der Waals surface area contributed by atoms with E-state index >= 15 is 0 Å². The molecule has 2 amide bonds. The number of carbonyl (C=O) groups is 2. The molecule has 0 unspecified atom stereocenters. The molecule has 2 aliphatic rings. The summed E-state index contributed by atoms with van der Waals surface area (Å²) in [4.78, 5) is 27.1. The first kappa shape index (κ1) is 16.4. The molecule has 2 rings (SSSR count). The highest BCUT2D eigenvalue weighted by Crippen LogP contribution is 2.29. The van der Waals surface area contributed by atoms with Crippen LogP contribution in [0.1, 0.15) is 59.3 Å². The van der Waals surface area contributed by atoms with E-state index in [9.17, 15) is 9.59 Å².